The third kappa shape index (κ3) is 15.9. The minimum Gasteiger partial charge on any atom is -0.0654 e. The van der Waals surface area contributed by atoms with Crippen LogP contribution in [0.2, 0.25) is 0 Å². The van der Waals surface area contributed by atoms with Gasteiger partial charge in [-0.3, -0.25) is 0 Å². The van der Waals surface area contributed by atoms with E-state index in [0.717, 1.165) is 0 Å². The maximum Gasteiger partial charge on any atom is 0.147 e. The summed E-state index contributed by atoms with van der Waals surface area (Å²) in [6.07, 6.45) is 30.3. The third-order valence-electron chi connectivity index (χ3n) is 6.37. The molecule has 1 atom stereocenters. The van der Waals surface area contributed by atoms with Gasteiger partial charge in [0.25, 0.3) is 0 Å². The van der Waals surface area contributed by atoms with Crippen molar-refractivity contribution in [2.75, 3.05) is 25.2 Å². The molecule has 0 N–H and O–H groups in total. The first-order valence-corrected chi connectivity index (χ1v) is 18.6. The van der Waals surface area contributed by atoms with Gasteiger partial charge in [0.2, 0.25) is 0 Å². The zero-order valence-corrected chi connectivity index (χ0v) is 22.7. The molecule has 0 spiro atoms. The molecule has 3 heteroatoms. The van der Waals surface area contributed by atoms with Crippen molar-refractivity contribution in [3.05, 3.63) is 0 Å². The number of hydrogen-bond donors (Lipinski definition) is 0. The van der Waals surface area contributed by atoms with Crippen molar-refractivity contribution in [2.24, 2.45) is 0 Å². The second-order valence-corrected chi connectivity index (χ2v) is 20.0. The van der Waals surface area contributed by atoms with Gasteiger partial charge in [-0.1, -0.05) is 109 Å². The SMILES string of the molecule is CCCCCCCC[P+](CCCCCCCC)(CCCCCCCC)P(C)Cl. The van der Waals surface area contributed by atoms with Crippen molar-refractivity contribution in [1.29, 1.82) is 0 Å². The lowest BCUT2D eigenvalue weighted by Crippen LogP contribution is -2.07. The Kier molecular flexibility index (Phi) is 22.3. The molecule has 170 valence electrons. The first kappa shape index (κ1) is 29.1. The van der Waals surface area contributed by atoms with Crippen LogP contribution in [0.25, 0.3) is 0 Å². The quantitative estimate of drug-likeness (QED) is 0.113. The van der Waals surface area contributed by atoms with Crippen LogP contribution in [0.1, 0.15) is 136 Å². The van der Waals surface area contributed by atoms with Crippen LogP contribution in [0.5, 0.6) is 0 Å². The predicted molar refractivity (Wildman–Crippen MR) is 140 cm³/mol. The summed E-state index contributed by atoms with van der Waals surface area (Å²) in [5.74, 6) is 0. The lowest BCUT2D eigenvalue weighted by molar-refractivity contribution is 0.617. The Morgan fingerprint density at radius 2 is 0.714 bits per heavy atom. The summed E-state index contributed by atoms with van der Waals surface area (Å²) >= 11 is 7.00. The van der Waals surface area contributed by atoms with Gasteiger partial charge in [-0.15, -0.1) is 0 Å². The van der Waals surface area contributed by atoms with E-state index in [1.165, 1.54) is 134 Å². The van der Waals surface area contributed by atoms with Crippen molar-refractivity contribution in [1.82, 2.24) is 0 Å². The fourth-order valence-electron chi connectivity index (χ4n) is 4.31. The van der Waals surface area contributed by atoms with E-state index in [-0.39, 0.29) is 6.96 Å². The van der Waals surface area contributed by atoms with E-state index in [0.29, 0.717) is 0 Å². The number of unbranched alkanes of at least 4 members (excludes halogenated alkanes) is 15. The van der Waals surface area contributed by atoms with Gasteiger partial charge in [-0.25, -0.2) is 0 Å². The van der Waals surface area contributed by atoms with E-state index < -0.39 is 6.95 Å². The van der Waals surface area contributed by atoms with E-state index in [4.69, 9.17) is 11.2 Å². The summed E-state index contributed by atoms with van der Waals surface area (Å²) in [4.78, 5) is 0. The van der Waals surface area contributed by atoms with Crippen LogP contribution < -0.4 is 0 Å². The Labute approximate surface area is 186 Å². The molecule has 0 rings (SSSR count). The molecule has 28 heavy (non-hydrogen) atoms. The van der Waals surface area contributed by atoms with Gasteiger partial charge < -0.3 is 0 Å². The molecule has 0 saturated carbocycles. The number of rotatable bonds is 22. The van der Waals surface area contributed by atoms with Crippen molar-refractivity contribution < 1.29 is 0 Å². The maximum atomic E-state index is 7.00. The highest BCUT2D eigenvalue weighted by molar-refractivity contribution is 8.47. The summed E-state index contributed by atoms with van der Waals surface area (Å²) in [6, 6.07) is 0. The fraction of sp³-hybridized carbons (Fsp3) is 1.00. The second kappa shape index (κ2) is 21.4. The van der Waals surface area contributed by atoms with E-state index in [2.05, 4.69) is 27.4 Å². The first-order valence-electron chi connectivity index (χ1n) is 12.9. The minimum absolute atomic E-state index is 0.248. The topological polar surface area (TPSA) is 0 Å². The smallest absolute Gasteiger partial charge is 0.0654 e. The first-order chi connectivity index (χ1) is 13.6. The second-order valence-electron chi connectivity index (χ2n) is 9.01. The molecule has 0 heterocycles. The molecule has 0 aromatic heterocycles. The summed E-state index contributed by atoms with van der Waals surface area (Å²) in [5, 5.41) is 0. The average molecular weight is 452 g/mol. The summed E-state index contributed by atoms with van der Waals surface area (Å²) < 4.78 is 0. The Morgan fingerprint density at radius 3 is 0.964 bits per heavy atom. The van der Waals surface area contributed by atoms with Crippen molar-refractivity contribution >= 4 is 25.2 Å². The van der Waals surface area contributed by atoms with Gasteiger partial charge in [0.1, 0.15) is 6.96 Å². The van der Waals surface area contributed by atoms with Crippen LogP contribution in [-0.2, 0) is 0 Å². The Hall–Kier alpha value is 1.15. The van der Waals surface area contributed by atoms with Crippen molar-refractivity contribution in [3.8, 4) is 0 Å². The standard InChI is InChI=1S/C25H54ClP2/c1-5-8-11-14-17-20-23-28(27(4)26,24-21-18-15-12-9-6-2)25-22-19-16-13-10-7-3/h5-25H2,1-4H3/q+1. The average Bonchev–Trinajstić information content (AvgIpc) is 2.69. The van der Waals surface area contributed by atoms with E-state index in [1.54, 1.807) is 0 Å². The van der Waals surface area contributed by atoms with E-state index >= 15 is 0 Å². The minimum atomic E-state index is -0.905. The van der Waals surface area contributed by atoms with Crippen LogP contribution in [0.15, 0.2) is 0 Å². The van der Waals surface area contributed by atoms with Gasteiger partial charge >= 0.3 is 0 Å². The zero-order valence-electron chi connectivity index (χ0n) is 20.1. The normalized spacial score (nSPS) is 13.2. The molecular weight excluding hydrogens is 398 g/mol. The van der Waals surface area contributed by atoms with Gasteiger partial charge in [0.15, 0.2) is 0 Å². The molecular formula is C25H54ClP2+. The molecule has 0 aromatic carbocycles. The maximum absolute atomic E-state index is 7.00. The predicted octanol–water partition coefficient (Wildman–Crippen LogP) is 11.3. The van der Waals surface area contributed by atoms with Gasteiger partial charge in [0, 0.05) is 13.6 Å². The Balaban J connectivity index is 4.45. The molecule has 0 saturated heterocycles. The molecule has 1 unspecified atom stereocenters. The number of hydrogen-bond acceptors (Lipinski definition) is 0. The van der Waals surface area contributed by atoms with E-state index in [1.807, 2.05) is 0 Å². The highest BCUT2D eigenvalue weighted by Crippen LogP contribution is 2.85. The van der Waals surface area contributed by atoms with Crippen molar-refractivity contribution in [3.63, 3.8) is 0 Å². The Bertz CT molecular complexity index is 266. The monoisotopic (exact) mass is 451 g/mol. The third-order valence-corrected chi connectivity index (χ3v) is 19.2. The Morgan fingerprint density at radius 1 is 0.464 bits per heavy atom. The van der Waals surface area contributed by atoms with Gasteiger partial charge in [0.05, 0.1) is 18.5 Å². The molecule has 0 aliphatic rings. The summed E-state index contributed by atoms with van der Waals surface area (Å²) in [6.45, 7) is 8.20. The lowest BCUT2D eigenvalue weighted by atomic mass is 10.1. The van der Waals surface area contributed by atoms with Gasteiger partial charge in [-0.05, 0) is 38.5 Å². The molecule has 0 nitrogen and oxygen atoms in total. The summed E-state index contributed by atoms with van der Waals surface area (Å²) in [7, 11) is 0. The number of halogens is 1. The van der Waals surface area contributed by atoms with Crippen molar-refractivity contribution in [2.45, 2.75) is 136 Å². The van der Waals surface area contributed by atoms with Crippen LogP contribution in [-0.4, -0.2) is 25.2 Å². The molecule has 0 amide bonds. The highest BCUT2D eigenvalue weighted by Gasteiger charge is 2.41. The largest absolute Gasteiger partial charge is 0.147 e. The molecule has 0 aromatic rings. The lowest BCUT2D eigenvalue weighted by Gasteiger charge is -2.30. The van der Waals surface area contributed by atoms with E-state index in [9.17, 15) is 0 Å². The fourth-order valence-corrected chi connectivity index (χ4v) is 14.0. The van der Waals surface area contributed by atoms with Crippen LogP contribution in [0, 0.1) is 0 Å². The summed E-state index contributed by atoms with van der Waals surface area (Å²) in [5.41, 5.74) is 0. The molecule has 0 bridgehead atoms. The molecule has 0 radical (unpaired) electrons. The molecule has 0 fully saturated rings. The van der Waals surface area contributed by atoms with Crippen LogP contribution in [0.4, 0.5) is 0 Å². The molecule has 0 aliphatic carbocycles. The van der Waals surface area contributed by atoms with Gasteiger partial charge in [-0.2, -0.15) is 0 Å². The van der Waals surface area contributed by atoms with Crippen LogP contribution in [0.3, 0.4) is 0 Å². The highest BCUT2D eigenvalue weighted by atomic mass is 35.7. The van der Waals surface area contributed by atoms with Crippen LogP contribution >= 0.6 is 25.2 Å². The molecule has 0 aliphatic heterocycles. The zero-order chi connectivity index (χ0) is 20.9.